The molecule has 5 nitrogen and oxygen atoms in total. The molecule has 1 aromatic heterocycles. The number of hydrogen-bond donors (Lipinski definition) is 1. The van der Waals surface area contributed by atoms with Crippen LogP contribution in [0.5, 0.6) is 0 Å². The molecule has 1 heterocycles. The summed E-state index contributed by atoms with van der Waals surface area (Å²) >= 11 is 12.4. The van der Waals surface area contributed by atoms with E-state index in [1.807, 2.05) is 23.6 Å². The third-order valence-electron chi connectivity index (χ3n) is 3.13. The monoisotopic (exact) mass is 328 g/mol. The van der Waals surface area contributed by atoms with E-state index in [2.05, 4.69) is 10.3 Å². The molecule has 114 valence electrons. The van der Waals surface area contributed by atoms with E-state index < -0.39 is 0 Å². The van der Waals surface area contributed by atoms with Crippen LogP contribution in [0, 0.1) is 0 Å². The number of benzene rings is 1. The van der Waals surface area contributed by atoms with E-state index in [4.69, 9.17) is 23.2 Å². The predicted octanol–water partition coefficient (Wildman–Crippen LogP) is 3.26. The van der Waals surface area contributed by atoms with Gasteiger partial charge in [0.2, 0.25) is 0 Å². The summed E-state index contributed by atoms with van der Waals surface area (Å²) in [6, 6.07) is 5.50. The quantitative estimate of drug-likeness (QED) is 0.876. The smallest absolute Gasteiger partial charge is 0.316 e. The molecule has 1 atom stereocenters. The van der Waals surface area contributed by atoms with Crippen LogP contribution in [0.15, 0.2) is 18.2 Å². The van der Waals surface area contributed by atoms with E-state index in [1.165, 1.54) is 4.90 Å². The molecule has 2 aromatic rings. The maximum absolute atomic E-state index is 11.6. The maximum Gasteiger partial charge on any atom is 0.316 e. The number of rotatable bonds is 4. The van der Waals surface area contributed by atoms with E-state index >= 15 is 0 Å². The number of fused-ring (bicyclic) bond motifs is 1. The van der Waals surface area contributed by atoms with Gasteiger partial charge in [0.1, 0.15) is 11.3 Å². The molecular formula is C14H18Cl2N4O. The lowest BCUT2D eigenvalue weighted by molar-refractivity contribution is 0.217. The Balaban J connectivity index is 2.27. The predicted molar refractivity (Wildman–Crippen MR) is 86.1 cm³/mol. The molecule has 0 spiro atoms. The zero-order valence-corrected chi connectivity index (χ0v) is 13.7. The van der Waals surface area contributed by atoms with Gasteiger partial charge in [-0.2, -0.15) is 0 Å². The molecule has 0 fully saturated rings. The number of nitrogens with zero attached hydrogens (tertiary/aromatic N) is 3. The summed E-state index contributed by atoms with van der Waals surface area (Å²) in [6.45, 7) is 2.94. The van der Waals surface area contributed by atoms with Crippen molar-refractivity contribution in [2.75, 3.05) is 20.6 Å². The van der Waals surface area contributed by atoms with Gasteiger partial charge in [0.05, 0.1) is 15.9 Å². The Morgan fingerprint density at radius 3 is 2.81 bits per heavy atom. The average molecular weight is 329 g/mol. The molecule has 0 saturated heterocycles. The van der Waals surface area contributed by atoms with Gasteiger partial charge in [-0.25, -0.2) is 9.78 Å². The molecule has 1 aromatic carbocycles. The Hall–Kier alpha value is -1.46. The number of para-hydroxylation sites is 1. The molecule has 2 amide bonds. The minimum Gasteiger partial charge on any atom is -0.336 e. The Morgan fingerprint density at radius 1 is 1.48 bits per heavy atom. The summed E-state index contributed by atoms with van der Waals surface area (Å²) in [7, 11) is 3.40. The summed E-state index contributed by atoms with van der Waals surface area (Å²) in [6.07, 6.45) is 0. The van der Waals surface area contributed by atoms with Crippen molar-refractivity contribution in [2.24, 2.45) is 0 Å². The average Bonchev–Trinajstić information content (AvgIpc) is 2.79. The number of halogens is 2. The van der Waals surface area contributed by atoms with Gasteiger partial charge in [-0.15, -0.1) is 11.6 Å². The first-order chi connectivity index (χ1) is 9.91. The number of amides is 2. The Kier molecular flexibility index (Phi) is 4.96. The second kappa shape index (κ2) is 6.54. The standard InChI is InChI=1S/C14H18Cl2N4O/c1-9(15)13-18-12-10(16)5-4-6-11(12)20(13)8-7-17-14(21)19(2)3/h4-6,9H,7-8H2,1-3H3,(H,17,21). The fraction of sp³-hybridized carbons (Fsp3) is 0.429. The minimum absolute atomic E-state index is 0.127. The Labute approximate surface area is 133 Å². The highest BCUT2D eigenvalue weighted by Crippen LogP contribution is 2.28. The van der Waals surface area contributed by atoms with Gasteiger partial charge in [0.25, 0.3) is 0 Å². The van der Waals surface area contributed by atoms with Gasteiger partial charge in [-0.1, -0.05) is 17.7 Å². The van der Waals surface area contributed by atoms with Crippen LogP contribution >= 0.6 is 23.2 Å². The summed E-state index contributed by atoms with van der Waals surface area (Å²) in [5.74, 6) is 0.749. The van der Waals surface area contributed by atoms with Crippen LogP contribution in [-0.2, 0) is 6.54 Å². The second-order valence-electron chi connectivity index (χ2n) is 4.97. The van der Waals surface area contributed by atoms with Crippen LogP contribution in [0.4, 0.5) is 4.79 Å². The van der Waals surface area contributed by atoms with Crippen LogP contribution in [0.25, 0.3) is 11.0 Å². The van der Waals surface area contributed by atoms with Gasteiger partial charge in [-0.05, 0) is 19.1 Å². The van der Waals surface area contributed by atoms with E-state index in [-0.39, 0.29) is 11.4 Å². The normalized spacial score (nSPS) is 12.4. The SMILES string of the molecule is CC(Cl)c1nc2c(Cl)cccc2n1CCNC(=O)N(C)C. The van der Waals surface area contributed by atoms with E-state index in [0.29, 0.717) is 18.1 Å². The third kappa shape index (κ3) is 3.41. The Bertz CT molecular complexity index is 652. The van der Waals surface area contributed by atoms with Crippen molar-refractivity contribution in [1.29, 1.82) is 0 Å². The van der Waals surface area contributed by atoms with Gasteiger partial charge < -0.3 is 14.8 Å². The van der Waals surface area contributed by atoms with Crippen molar-refractivity contribution in [3.05, 3.63) is 29.0 Å². The molecule has 1 unspecified atom stereocenters. The highest BCUT2D eigenvalue weighted by atomic mass is 35.5. The molecule has 0 saturated carbocycles. The van der Waals surface area contributed by atoms with Gasteiger partial charge in [0.15, 0.2) is 0 Å². The molecule has 0 aliphatic rings. The van der Waals surface area contributed by atoms with Gasteiger partial charge in [-0.3, -0.25) is 0 Å². The first kappa shape index (κ1) is 15.9. The number of hydrogen-bond acceptors (Lipinski definition) is 2. The lowest BCUT2D eigenvalue weighted by Gasteiger charge is -2.14. The van der Waals surface area contributed by atoms with Crippen LogP contribution in [0.3, 0.4) is 0 Å². The summed E-state index contributed by atoms with van der Waals surface area (Å²) in [5, 5.41) is 3.19. The Morgan fingerprint density at radius 2 is 2.19 bits per heavy atom. The van der Waals surface area contributed by atoms with Crippen LogP contribution in [0.2, 0.25) is 5.02 Å². The number of carbonyl (C=O) groups is 1. The molecule has 0 aliphatic carbocycles. The lowest BCUT2D eigenvalue weighted by atomic mass is 10.3. The van der Waals surface area contributed by atoms with E-state index in [9.17, 15) is 4.79 Å². The van der Waals surface area contributed by atoms with E-state index in [1.54, 1.807) is 20.2 Å². The van der Waals surface area contributed by atoms with Crippen molar-refractivity contribution in [3.8, 4) is 0 Å². The second-order valence-corrected chi connectivity index (χ2v) is 6.03. The zero-order chi connectivity index (χ0) is 15.6. The number of aromatic nitrogens is 2. The number of imidazole rings is 1. The first-order valence-electron chi connectivity index (χ1n) is 6.65. The van der Waals surface area contributed by atoms with Gasteiger partial charge in [0, 0.05) is 27.2 Å². The van der Waals surface area contributed by atoms with Crippen LogP contribution in [-0.4, -0.2) is 41.1 Å². The maximum atomic E-state index is 11.6. The van der Waals surface area contributed by atoms with E-state index in [0.717, 1.165) is 16.9 Å². The molecule has 0 bridgehead atoms. The van der Waals surface area contributed by atoms with Crippen molar-refractivity contribution in [2.45, 2.75) is 18.8 Å². The van der Waals surface area contributed by atoms with Crippen molar-refractivity contribution < 1.29 is 4.79 Å². The number of carbonyl (C=O) groups excluding carboxylic acids is 1. The fourth-order valence-electron chi connectivity index (χ4n) is 2.10. The van der Waals surface area contributed by atoms with Gasteiger partial charge >= 0.3 is 6.03 Å². The van der Waals surface area contributed by atoms with Crippen molar-refractivity contribution in [1.82, 2.24) is 19.8 Å². The van der Waals surface area contributed by atoms with Crippen molar-refractivity contribution >= 4 is 40.3 Å². The zero-order valence-electron chi connectivity index (χ0n) is 12.2. The first-order valence-corrected chi connectivity index (χ1v) is 7.47. The van der Waals surface area contributed by atoms with Crippen molar-refractivity contribution in [3.63, 3.8) is 0 Å². The molecule has 1 N–H and O–H groups in total. The topological polar surface area (TPSA) is 50.2 Å². The summed E-state index contributed by atoms with van der Waals surface area (Å²) < 4.78 is 1.99. The number of nitrogens with one attached hydrogen (secondary N) is 1. The summed E-state index contributed by atoms with van der Waals surface area (Å²) in [4.78, 5) is 17.6. The molecule has 7 heteroatoms. The molecule has 0 radical (unpaired) electrons. The fourth-order valence-corrected chi connectivity index (χ4v) is 2.48. The number of alkyl halides is 1. The highest BCUT2D eigenvalue weighted by molar-refractivity contribution is 6.35. The van der Waals surface area contributed by atoms with Crippen LogP contribution in [0.1, 0.15) is 18.1 Å². The largest absolute Gasteiger partial charge is 0.336 e. The van der Waals surface area contributed by atoms with Crippen LogP contribution < -0.4 is 5.32 Å². The third-order valence-corrected chi connectivity index (χ3v) is 3.63. The summed E-state index contributed by atoms with van der Waals surface area (Å²) in [5.41, 5.74) is 1.66. The molecule has 21 heavy (non-hydrogen) atoms. The molecule has 2 rings (SSSR count). The molecular weight excluding hydrogens is 311 g/mol. The molecule has 0 aliphatic heterocycles. The highest BCUT2D eigenvalue weighted by Gasteiger charge is 2.16. The minimum atomic E-state index is -0.238. The lowest BCUT2D eigenvalue weighted by Crippen LogP contribution is -2.36. The number of urea groups is 1.